The predicted molar refractivity (Wildman–Crippen MR) is 93.4 cm³/mol. The summed E-state index contributed by atoms with van der Waals surface area (Å²) >= 11 is 0. The van der Waals surface area contributed by atoms with Crippen LogP contribution in [-0.2, 0) is 4.74 Å². The van der Waals surface area contributed by atoms with Gasteiger partial charge in [-0.05, 0) is 45.1 Å². The minimum absolute atomic E-state index is 0. The van der Waals surface area contributed by atoms with E-state index in [2.05, 4.69) is 45.0 Å². The maximum absolute atomic E-state index is 6.42. The molecule has 0 saturated heterocycles. The first-order valence-corrected chi connectivity index (χ1v) is 9.26. The van der Waals surface area contributed by atoms with E-state index in [-0.39, 0.29) is 12.4 Å². The fourth-order valence-corrected chi connectivity index (χ4v) is 3.63. The van der Waals surface area contributed by atoms with Gasteiger partial charge in [-0.3, -0.25) is 0 Å². The maximum Gasteiger partial charge on any atom is 0.101 e. The molecule has 1 aliphatic rings. The third kappa shape index (κ3) is 6.45. The van der Waals surface area contributed by atoms with Crippen molar-refractivity contribution >= 4 is 0 Å². The molecule has 1 aromatic rings. The highest BCUT2D eigenvalue weighted by molar-refractivity contribution is 5.23. The minimum Gasteiger partial charge on any atom is -1.00 e. The van der Waals surface area contributed by atoms with Crippen molar-refractivity contribution in [3.05, 3.63) is 35.4 Å². The lowest BCUT2D eigenvalue weighted by molar-refractivity contribution is -0.896. The second-order valence-corrected chi connectivity index (χ2v) is 6.81. The Labute approximate surface area is 149 Å². The van der Waals surface area contributed by atoms with Crippen molar-refractivity contribution < 1.29 is 22.0 Å². The van der Waals surface area contributed by atoms with Crippen LogP contribution in [0, 0.1) is 12.8 Å². The number of likely N-dealkylation sites (N-methyl/N-ethyl adjacent to an activating group) is 1. The highest BCUT2D eigenvalue weighted by Gasteiger charge is 2.26. The van der Waals surface area contributed by atoms with Gasteiger partial charge in [0.05, 0.1) is 25.8 Å². The normalized spacial score (nSPS) is 17.0. The Kier molecular flexibility index (Phi) is 9.85. The van der Waals surface area contributed by atoms with Crippen molar-refractivity contribution in [2.45, 2.75) is 59.0 Å². The quantitative estimate of drug-likeness (QED) is 0.731. The van der Waals surface area contributed by atoms with Crippen LogP contribution in [0.15, 0.2) is 24.3 Å². The number of hydrogen-bond donors (Lipinski definition) is 1. The molecule has 0 bridgehead atoms. The summed E-state index contributed by atoms with van der Waals surface area (Å²) < 4.78 is 6.42. The molecule has 0 radical (unpaired) electrons. The molecule has 1 aliphatic carbocycles. The molecule has 23 heavy (non-hydrogen) atoms. The summed E-state index contributed by atoms with van der Waals surface area (Å²) in [6.45, 7) is 11.1. The number of halogens is 1. The minimum atomic E-state index is 0. The van der Waals surface area contributed by atoms with Crippen LogP contribution in [0.2, 0.25) is 0 Å². The van der Waals surface area contributed by atoms with E-state index >= 15 is 0 Å². The third-order valence-corrected chi connectivity index (χ3v) is 5.24. The van der Waals surface area contributed by atoms with Crippen LogP contribution in [0.1, 0.15) is 63.2 Å². The molecule has 1 atom stereocenters. The molecule has 2 nitrogen and oxygen atoms in total. The predicted octanol–water partition coefficient (Wildman–Crippen LogP) is 0.562. The van der Waals surface area contributed by atoms with E-state index in [1.807, 2.05) is 0 Å². The zero-order valence-electron chi connectivity index (χ0n) is 15.1. The van der Waals surface area contributed by atoms with Crippen molar-refractivity contribution in [1.82, 2.24) is 0 Å². The van der Waals surface area contributed by atoms with Crippen LogP contribution < -0.4 is 17.3 Å². The third-order valence-electron chi connectivity index (χ3n) is 5.24. The first-order chi connectivity index (χ1) is 10.7. The molecule has 1 aromatic carbocycles. The largest absolute Gasteiger partial charge is 1.00 e. The van der Waals surface area contributed by atoms with Crippen molar-refractivity contribution in [3.63, 3.8) is 0 Å². The van der Waals surface area contributed by atoms with Gasteiger partial charge in [0.1, 0.15) is 6.54 Å². The van der Waals surface area contributed by atoms with E-state index in [1.54, 1.807) is 4.90 Å². The number of nitrogens with one attached hydrogen (secondary N) is 1. The fourth-order valence-electron chi connectivity index (χ4n) is 3.63. The van der Waals surface area contributed by atoms with Crippen LogP contribution in [0.3, 0.4) is 0 Å². The molecule has 0 spiro atoms. The smallest absolute Gasteiger partial charge is 0.101 e. The molecule has 1 unspecified atom stereocenters. The van der Waals surface area contributed by atoms with Gasteiger partial charge in [0.2, 0.25) is 0 Å². The molecule has 2 rings (SSSR count). The zero-order chi connectivity index (χ0) is 15.8. The molecule has 3 heteroatoms. The lowest BCUT2D eigenvalue weighted by Crippen LogP contribution is -3.11. The standard InChI is InChI=1S/C20H33NO.ClH/c1-4-21(5-2)15-16-22-20(18-9-7-6-8-10-18)19-13-11-17(3)12-14-19;/h11-14,18,20H,4-10,15-16H2,1-3H3;1H. The summed E-state index contributed by atoms with van der Waals surface area (Å²) in [5.74, 6) is 0.711. The van der Waals surface area contributed by atoms with Crippen molar-refractivity contribution in [1.29, 1.82) is 0 Å². The van der Waals surface area contributed by atoms with Gasteiger partial charge in [-0.2, -0.15) is 0 Å². The topological polar surface area (TPSA) is 13.7 Å². The van der Waals surface area contributed by atoms with E-state index < -0.39 is 0 Å². The average molecular weight is 340 g/mol. The van der Waals surface area contributed by atoms with Gasteiger partial charge >= 0.3 is 0 Å². The molecule has 0 amide bonds. The summed E-state index contributed by atoms with van der Waals surface area (Å²) in [6.07, 6.45) is 7.11. The van der Waals surface area contributed by atoms with Crippen LogP contribution in [0.25, 0.3) is 0 Å². The van der Waals surface area contributed by atoms with Gasteiger partial charge in [-0.25, -0.2) is 0 Å². The van der Waals surface area contributed by atoms with Crippen molar-refractivity contribution in [2.24, 2.45) is 5.92 Å². The Balaban J connectivity index is 0.00000264. The van der Waals surface area contributed by atoms with Gasteiger partial charge in [0, 0.05) is 0 Å². The van der Waals surface area contributed by atoms with Gasteiger partial charge < -0.3 is 22.0 Å². The molecule has 0 aromatic heterocycles. The molecule has 0 heterocycles. The SMILES string of the molecule is CC[NH+](CC)CCOC(c1ccc(C)cc1)C1CCCCC1.[Cl-]. The maximum atomic E-state index is 6.42. The van der Waals surface area contributed by atoms with Crippen LogP contribution in [-0.4, -0.2) is 26.2 Å². The number of quaternary nitrogens is 1. The fraction of sp³-hybridized carbons (Fsp3) is 0.700. The first kappa shape index (κ1) is 20.5. The van der Waals surface area contributed by atoms with Crippen LogP contribution >= 0.6 is 0 Å². The Bertz CT molecular complexity index is 410. The molecule has 132 valence electrons. The molecular weight excluding hydrogens is 306 g/mol. The number of hydrogen-bond acceptors (Lipinski definition) is 1. The Morgan fingerprint density at radius 2 is 1.65 bits per heavy atom. The van der Waals surface area contributed by atoms with Crippen LogP contribution in [0.5, 0.6) is 0 Å². The lowest BCUT2D eigenvalue weighted by atomic mass is 9.82. The van der Waals surface area contributed by atoms with Gasteiger partial charge in [-0.15, -0.1) is 0 Å². The molecule has 1 fully saturated rings. The number of aryl methyl sites for hydroxylation is 1. The van der Waals surface area contributed by atoms with Crippen molar-refractivity contribution in [3.8, 4) is 0 Å². The summed E-state index contributed by atoms with van der Waals surface area (Å²) in [5.41, 5.74) is 2.71. The zero-order valence-corrected chi connectivity index (χ0v) is 15.9. The Morgan fingerprint density at radius 3 is 2.22 bits per heavy atom. The Hall–Kier alpha value is -0.570. The lowest BCUT2D eigenvalue weighted by Gasteiger charge is -2.31. The summed E-state index contributed by atoms with van der Waals surface area (Å²) in [5, 5.41) is 0. The first-order valence-electron chi connectivity index (χ1n) is 9.26. The number of rotatable bonds is 8. The highest BCUT2D eigenvalue weighted by atomic mass is 35.5. The molecular formula is C20H34ClNO. The van der Waals surface area contributed by atoms with E-state index in [1.165, 1.54) is 56.3 Å². The summed E-state index contributed by atoms with van der Waals surface area (Å²) in [7, 11) is 0. The number of ether oxygens (including phenoxy) is 1. The summed E-state index contributed by atoms with van der Waals surface area (Å²) in [6, 6.07) is 9.01. The van der Waals surface area contributed by atoms with E-state index in [9.17, 15) is 0 Å². The summed E-state index contributed by atoms with van der Waals surface area (Å²) in [4.78, 5) is 1.63. The van der Waals surface area contributed by atoms with E-state index in [0.717, 1.165) is 13.2 Å². The highest BCUT2D eigenvalue weighted by Crippen LogP contribution is 2.36. The van der Waals surface area contributed by atoms with Gasteiger partial charge in [-0.1, -0.05) is 49.1 Å². The van der Waals surface area contributed by atoms with E-state index in [0.29, 0.717) is 12.0 Å². The van der Waals surface area contributed by atoms with E-state index in [4.69, 9.17) is 4.74 Å². The molecule has 1 N–H and O–H groups in total. The van der Waals surface area contributed by atoms with Crippen LogP contribution in [0.4, 0.5) is 0 Å². The van der Waals surface area contributed by atoms with Crippen molar-refractivity contribution in [2.75, 3.05) is 26.2 Å². The molecule has 1 saturated carbocycles. The average Bonchev–Trinajstić information content (AvgIpc) is 2.57. The monoisotopic (exact) mass is 339 g/mol. The van der Waals surface area contributed by atoms with Gasteiger partial charge in [0.15, 0.2) is 0 Å². The molecule has 0 aliphatic heterocycles. The van der Waals surface area contributed by atoms with Gasteiger partial charge in [0.25, 0.3) is 0 Å². The second kappa shape index (κ2) is 11.1. The number of benzene rings is 1. The second-order valence-electron chi connectivity index (χ2n) is 6.81. The Morgan fingerprint density at radius 1 is 1.04 bits per heavy atom.